The van der Waals surface area contributed by atoms with Crippen LogP contribution in [0.5, 0.6) is 35.3 Å². The molecule has 216 valence electrons. The minimum absolute atomic E-state index is 0.372. The van der Waals surface area contributed by atoms with Crippen LogP contribution in [0.15, 0.2) is 36.4 Å². The lowest BCUT2D eigenvalue weighted by atomic mass is 9.84. The Labute approximate surface area is 223 Å². The van der Waals surface area contributed by atoms with Gasteiger partial charge < -0.3 is 45.2 Å². The smallest absolute Gasteiger partial charge is 0.333 e. The Morgan fingerprint density at radius 3 is 1.02 bits per heavy atom. The molecule has 3 aromatic rings. The van der Waals surface area contributed by atoms with Crippen LogP contribution in [0.3, 0.4) is 0 Å². The van der Waals surface area contributed by atoms with Crippen molar-refractivity contribution >= 4 is 17.9 Å². The number of aromatic hydroxyl groups is 6. The summed E-state index contributed by atoms with van der Waals surface area (Å²) in [5.41, 5.74) is -2.15. The first-order chi connectivity index (χ1) is 18.8. The molecule has 3 aromatic heterocycles. The summed E-state index contributed by atoms with van der Waals surface area (Å²) in [4.78, 5) is 62.8. The highest BCUT2D eigenvalue weighted by atomic mass is 16.7. The topological polar surface area (TPSA) is 258 Å². The molecule has 0 radical (unpaired) electrons. The Morgan fingerprint density at radius 1 is 0.600 bits per heavy atom. The van der Waals surface area contributed by atoms with Crippen molar-refractivity contribution in [2.45, 2.75) is 44.1 Å². The summed E-state index contributed by atoms with van der Waals surface area (Å²) in [5, 5.41) is 69.9. The maximum Gasteiger partial charge on any atom is 0.333 e. The number of nitrogens with zero attached hydrogens (tertiary/aromatic N) is 4. The van der Waals surface area contributed by atoms with Crippen LogP contribution in [0.4, 0.5) is 0 Å². The van der Waals surface area contributed by atoms with Gasteiger partial charge in [0.25, 0.3) is 0 Å². The fraction of sp³-hybridized carbons (Fsp3) is 0.318. The van der Waals surface area contributed by atoms with Crippen LogP contribution in [-0.2, 0) is 14.4 Å². The monoisotopic (exact) mass is 568 g/mol. The average molecular weight is 568 g/mol. The molecule has 0 atom stereocenters. The zero-order valence-electron chi connectivity index (χ0n) is 20.4. The molecule has 6 N–H and O–H groups in total. The number of carbonyl (C=O) groups excluding carboxylic acids is 3. The molecule has 0 aliphatic carbocycles. The summed E-state index contributed by atoms with van der Waals surface area (Å²) >= 11 is 0. The second kappa shape index (κ2) is 11.9. The van der Waals surface area contributed by atoms with E-state index in [-0.39, 0.29) is 0 Å². The fourth-order valence-electron chi connectivity index (χ4n) is 3.58. The lowest BCUT2D eigenvalue weighted by Gasteiger charge is -2.24. The highest BCUT2D eigenvalue weighted by Crippen LogP contribution is 2.31. The molecule has 0 aromatic carbocycles. The van der Waals surface area contributed by atoms with Crippen molar-refractivity contribution < 1.29 is 64.5 Å². The maximum absolute atomic E-state index is 12.3. The summed E-state index contributed by atoms with van der Waals surface area (Å²) in [5.74, 6) is -7.17. The third-order valence-corrected chi connectivity index (χ3v) is 5.74. The van der Waals surface area contributed by atoms with E-state index in [1.165, 1.54) is 0 Å². The van der Waals surface area contributed by atoms with Crippen molar-refractivity contribution in [3.63, 3.8) is 0 Å². The van der Waals surface area contributed by atoms with Gasteiger partial charge in [-0.05, 0) is 0 Å². The molecule has 0 aliphatic heterocycles. The second-order valence-corrected chi connectivity index (χ2v) is 8.40. The van der Waals surface area contributed by atoms with E-state index >= 15 is 0 Å². The van der Waals surface area contributed by atoms with E-state index in [1.54, 1.807) is 0 Å². The number of hydrogen-bond donors (Lipinski definition) is 6. The van der Waals surface area contributed by atoms with E-state index in [2.05, 4.69) is 0 Å². The molecule has 0 saturated carbocycles. The summed E-state index contributed by atoms with van der Waals surface area (Å²) < 4.78 is 1.12. The molecule has 0 bridgehead atoms. The quantitative estimate of drug-likeness (QED) is 0.117. The molecule has 0 amide bonds. The van der Waals surface area contributed by atoms with Crippen LogP contribution < -0.4 is 14.5 Å². The number of carbonyl (C=O) groups is 3. The predicted molar refractivity (Wildman–Crippen MR) is 125 cm³/mol. The van der Waals surface area contributed by atoms with Gasteiger partial charge in [-0.1, -0.05) is 0 Å². The SMILES string of the molecule is O=C(CCC(CCC(=O)On1c(O)ccc1O)(CCC(=O)On1c(O)ccc1O)[N+](=O)[O-])On1c(O)ccc1O. The van der Waals surface area contributed by atoms with Crippen molar-refractivity contribution in [2.75, 3.05) is 0 Å². The zero-order chi connectivity index (χ0) is 29.6. The second-order valence-electron chi connectivity index (χ2n) is 8.40. The Bertz CT molecular complexity index is 1190. The highest BCUT2D eigenvalue weighted by molar-refractivity contribution is 5.72. The molecular formula is C22H24N4O14. The third kappa shape index (κ3) is 6.65. The van der Waals surface area contributed by atoms with Crippen LogP contribution in [0.25, 0.3) is 0 Å². The molecule has 0 fully saturated rings. The highest BCUT2D eigenvalue weighted by Gasteiger charge is 2.44. The van der Waals surface area contributed by atoms with Crippen LogP contribution in [-0.4, -0.2) is 73.2 Å². The number of nitro groups is 1. The van der Waals surface area contributed by atoms with E-state index in [9.17, 15) is 55.1 Å². The largest absolute Gasteiger partial charge is 0.492 e. The van der Waals surface area contributed by atoms with Crippen LogP contribution in [0.2, 0.25) is 0 Å². The summed E-state index contributed by atoms with van der Waals surface area (Å²) in [7, 11) is 0. The van der Waals surface area contributed by atoms with Crippen molar-refractivity contribution in [1.29, 1.82) is 0 Å². The standard InChI is InChI=1S/C22H24N4O14/c27-13-1-2-14(28)23(13)38-19(33)7-10-22(26(36)37,11-8-20(34)39-24-15(29)3-4-16(24)30)12-9-21(35)40-25-17(31)5-6-18(25)32/h1-6,27-32H,7-12H2. The normalized spacial score (nSPS) is 11.2. The first kappa shape index (κ1) is 29.0. The number of aromatic nitrogens is 3. The summed E-state index contributed by atoms with van der Waals surface area (Å²) in [6, 6.07) is 6.09. The van der Waals surface area contributed by atoms with Gasteiger partial charge in [-0.15, -0.1) is 14.2 Å². The van der Waals surface area contributed by atoms with E-state index < -0.39 is 102 Å². The predicted octanol–water partition coefficient (Wildman–Crippen LogP) is -0.0532. The molecular weight excluding hydrogens is 544 g/mol. The van der Waals surface area contributed by atoms with Gasteiger partial charge in [0, 0.05) is 60.6 Å². The van der Waals surface area contributed by atoms with Crippen LogP contribution in [0, 0.1) is 10.1 Å². The number of rotatable bonds is 13. The summed E-state index contributed by atoms with van der Waals surface area (Å²) in [6.45, 7) is 0. The molecule has 18 nitrogen and oxygen atoms in total. The average Bonchev–Trinajstić information content (AvgIpc) is 3.51. The van der Waals surface area contributed by atoms with Gasteiger partial charge in [0.05, 0.1) is 19.3 Å². The fourth-order valence-corrected chi connectivity index (χ4v) is 3.58. The molecule has 40 heavy (non-hydrogen) atoms. The minimum atomic E-state index is -2.15. The van der Waals surface area contributed by atoms with E-state index in [0.717, 1.165) is 36.4 Å². The van der Waals surface area contributed by atoms with Crippen molar-refractivity contribution in [2.24, 2.45) is 0 Å². The number of hydrogen-bond acceptors (Lipinski definition) is 14. The molecule has 18 heteroatoms. The van der Waals surface area contributed by atoms with Crippen molar-refractivity contribution in [3.05, 3.63) is 46.5 Å². The first-order valence-electron chi connectivity index (χ1n) is 11.4. The van der Waals surface area contributed by atoms with E-state index in [0.29, 0.717) is 14.2 Å². The lowest BCUT2D eigenvalue weighted by Crippen LogP contribution is -2.41. The Balaban J connectivity index is 1.74. The van der Waals surface area contributed by atoms with Gasteiger partial charge in [0.15, 0.2) is 0 Å². The van der Waals surface area contributed by atoms with E-state index in [1.807, 2.05) is 0 Å². The van der Waals surface area contributed by atoms with Gasteiger partial charge in [-0.25, -0.2) is 14.4 Å². The van der Waals surface area contributed by atoms with Crippen LogP contribution in [0.1, 0.15) is 38.5 Å². The third-order valence-electron chi connectivity index (χ3n) is 5.74. The molecule has 0 unspecified atom stereocenters. The Kier molecular flexibility index (Phi) is 8.62. The zero-order valence-corrected chi connectivity index (χ0v) is 20.4. The van der Waals surface area contributed by atoms with Gasteiger partial charge in [-0.3, -0.25) is 10.1 Å². The molecule has 3 rings (SSSR count). The first-order valence-corrected chi connectivity index (χ1v) is 11.4. The molecule has 0 aliphatic rings. The van der Waals surface area contributed by atoms with Gasteiger partial charge in [-0.2, -0.15) is 0 Å². The maximum atomic E-state index is 12.3. The lowest BCUT2D eigenvalue weighted by molar-refractivity contribution is -0.573. The molecule has 0 saturated heterocycles. The van der Waals surface area contributed by atoms with Gasteiger partial charge in [0.1, 0.15) is 0 Å². The van der Waals surface area contributed by atoms with E-state index in [4.69, 9.17) is 14.5 Å². The van der Waals surface area contributed by atoms with Crippen molar-refractivity contribution in [1.82, 2.24) is 14.2 Å². The van der Waals surface area contributed by atoms with Gasteiger partial charge in [0.2, 0.25) is 40.8 Å². The Morgan fingerprint density at radius 2 is 0.825 bits per heavy atom. The minimum Gasteiger partial charge on any atom is -0.492 e. The molecule has 3 heterocycles. The molecule has 0 spiro atoms. The van der Waals surface area contributed by atoms with Crippen LogP contribution >= 0.6 is 0 Å². The summed E-state index contributed by atoms with van der Waals surface area (Å²) in [6.07, 6.45) is -3.87. The van der Waals surface area contributed by atoms with Crippen molar-refractivity contribution in [3.8, 4) is 35.3 Å². The van der Waals surface area contributed by atoms with Gasteiger partial charge >= 0.3 is 17.9 Å². The Hall–Kier alpha value is -5.55.